The predicted octanol–water partition coefficient (Wildman–Crippen LogP) is 2.80. The molecule has 20 heavy (non-hydrogen) atoms. The van der Waals surface area contributed by atoms with Crippen LogP contribution < -0.4 is 5.32 Å². The van der Waals surface area contributed by atoms with Gasteiger partial charge >= 0.3 is 0 Å². The predicted molar refractivity (Wildman–Crippen MR) is 79.9 cm³/mol. The van der Waals surface area contributed by atoms with E-state index < -0.39 is 6.67 Å². The number of piperazine rings is 1. The first-order valence-electron chi connectivity index (χ1n) is 6.85. The van der Waals surface area contributed by atoms with Crippen molar-refractivity contribution in [1.82, 2.24) is 15.2 Å². The number of pyridine rings is 1. The Balaban J connectivity index is 1.99. The maximum absolute atomic E-state index is 13.6. The van der Waals surface area contributed by atoms with E-state index in [0.29, 0.717) is 5.15 Å². The van der Waals surface area contributed by atoms with Crippen LogP contribution in [0.3, 0.4) is 0 Å². The molecule has 0 saturated carbocycles. The van der Waals surface area contributed by atoms with Gasteiger partial charge in [0.05, 0.1) is 11.6 Å². The van der Waals surface area contributed by atoms with Gasteiger partial charge < -0.3 is 5.32 Å². The van der Waals surface area contributed by atoms with Gasteiger partial charge in [0.15, 0.2) is 0 Å². The van der Waals surface area contributed by atoms with Crippen molar-refractivity contribution < 1.29 is 4.39 Å². The summed E-state index contributed by atoms with van der Waals surface area (Å²) in [5.74, 6) is 0. The smallest absolute Gasteiger partial charge is 0.134 e. The summed E-state index contributed by atoms with van der Waals surface area (Å²) in [4.78, 5) is 6.53. The van der Waals surface area contributed by atoms with E-state index in [0.717, 1.165) is 42.6 Å². The molecule has 0 spiro atoms. The van der Waals surface area contributed by atoms with E-state index in [2.05, 4.69) is 15.2 Å². The van der Waals surface area contributed by atoms with Gasteiger partial charge in [-0.2, -0.15) is 0 Å². The van der Waals surface area contributed by atoms with Crippen LogP contribution >= 0.6 is 11.6 Å². The lowest BCUT2D eigenvalue weighted by Crippen LogP contribution is -2.45. The van der Waals surface area contributed by atoms with Crippen LogP contribution in [0.1, 0.15) is 11.6 Å². The minimum atomic E-state index is -0.445. The van der Waals surface area contributed by atoms with E-state index in [1.807, 2.05) is 30.3 Å². The third kappa shape index (κ3) is 2.64. The van der Waals surface area contributed by atoms with Gasteiger partial charge in [-0.05, 0) is 12.1 Å². The average Bonchev–Trinajstić information content (AvgIpc) is 2.49. The van der Waals surface area contributed by atoms with Crippen LogP contribution in [-0.4, -0.2) is 42.7 Å². The van der Waals surface area contributed by atoms with Crippen LogP contribution in [0.5, 0.6) is 0 Å². The first-order valence-corrected chi connectivity index (χ1v) is 7.23. The first kappa shape index (κ1) is 13.7. The zero-order chi connectivity index (χ0) is 13.9. The molecule has 1 aliphatic heterocycles. The number of alkyl halides is 1. The largest absolute Gasteiger partial charge is 0.314 e. The van der Waals surface area contributed by atoms with Gasteiger partial charge in [-0.15, -0.1) is 0 Å². The standard InChI is InChI=1S/C15H17ClFN3/c16-15-12(9-11-3-1-2-4-13(11)19-15)14(10-17)20-7-5-18-6-8-20/h1-4,9,14,18H,5-8,10H2/t14-/m0/s1. The molecule has 0 amide bonds. The number of rotatable bonds is 3. The van der Waals surface area contributed by atoms with Crippen molar-refractivity contribution in [3.63, 3.8) is 0 Å². The third-order valence-electron chi connectivity index (χ3n) is 3.80. The number of hydrogen-bond acceptors (Lipinski definition) is 3. The normalized spacial score (nSPS) is 18.3. The van der Waals surface area contributed by atoms with Gasteiger partial charge in [0, 0.05) is 37.1 Å². The molecule has 0 aliphatic carbocycles. The maximum atomic E-state index is 13.6. The van der Waals surface area contributed by atoms with Crippen molar-refractivity contribution in [2.75, 3.05) is 32.9 Å². The fourth-order valence-corrected chi connectivity index (χ4v) is 2.99. The van der Waals surface area contributed by atoms with E-state index in [1.54, 1.807) is 0 Å². The van der Waals surface area contributed by atoms with Crippen LogP contribution in [0.4, 0.5) is 4.39 Å². The summed E-state index contributed by atoms with van der Waals surface area (Å²) in [7, 11) is 0. The topological polar surface area (TPSA) is 28.2 Å². The number of nitrogens with one attached hydrogen (secondary N) is 1. The number of fused-ring (bicyclic) bond motifs is 1. The Labute approximate surface area is 122 Å². The zero-order valence-corrected chi connectivity index (χ0v) is 11.9. The third-order valence-corrected chi connectivity index (χ3v) is 4.10. The van der Waals surface area contributed by atoms with Crippen molar-refractivity contribution in [1.29, 1.82) is 0 Å². The van der Waals surface area contributed by atoms with Crippen molar-refractivity contribution in [2.45, 2.75) is 6.04 Å². The Morgan fingerprint density at radius 2 is 2.05 bits per heavy atom. The summed E-state index contributed by atoms with van der Waals surface area (Å²) in [6, 6.07) is 9.44. The number of nitrogens with zero attached hydrogens (tertiary/aromatic N) is 2. The summed E-state index contributed by atoms with van der Waals surface area (Å²) in [5, 5.41) is 4.68. The molecule has 5 heteroatoms. The van der Waals surface area contributed by atoms with Crippen molar-refractivity contribution in [3.8, 4) is 0 Å². The number of halogens is 2. The molecule has 2 aromatic rings. The number of aromatic nitrogens is 1. The van der Waals surface area contributed by atoms with E-state index >= 15 is 0 Å². The molecule has 0 unspecified atom stereocenters. The van der Waals surface area contributed by atoms with Crippen molar-refractivity contribution in [3.05, 3.63) is 41.0 Å². The Kier molecular flexibility index (Phi) is 4.15. The van der Waals surface area contributed by atoms with E-state index in [9.17, 15) is 4.39 Å². The lowest BCUT2D eigenvalue weighted by atomic mass is 10.1. The molecule has 1 N–H and O–H groups in total. The molecule has 1 aromatic heterocycles. The van der Waals surface area contributed by atoms with Crippen LogP contribution in [0.15, 0.2) is 30.3 Å². The molecule has 3 rings (SSSR count). The van der Waals surface area contributed by atoms with E-state index in [4.69, 9.17) is 11.6 Å². The molecule has 3 nitrogen and oxygen atoms in total. The van der Waals surface area contributed by atoms with Gasteiger partial charge in [0.2, 0.25) is 0 Å². The molecule has 1 fully saturated rings. The lowest BCUT2D eigenvalue weighted by molar-refractivity contribution is 0.147. The average molecular weight is 294 g/mol. The van der Waals surface area contributed by atoms with Crippen molar-refractivity contribution in [2.24, 2.45) is 0 Å². The molecule has 1 atom stereocenters. The fraction of sp³-hybridized carbons (Fsp3) is 0.400. The summed E-state index contributed by atoms with van der Waals surface area (Å²) in [6.45, 7) is 2.99. The highest BCUT2D eigenvalue weighted by Gasteiger charge is 2.24. The van der Waals surface area contributed by atoms with E-state index in [-0.39, 0.29) is 6.04 Å². The second kappa shape index (κ2) is 6.04. The summed E-state index contributed by atoms with van der Waals surface area (Å²) in [6.07, 6.45) is 0. The minimum absolute atomic E-state index is 0.304. The summed E-state index contributed by atoms with van der Waals surface area (Å²) < 4.78 is 13.6. The zero-order valence-electron chi connectivity index (χ0n) is 11.1. The molecule has 0 bridgehead atoms. The Bertz CT molecular complexity index is 599. The monoisotopic (exact) mass is 293 g/mol. The Morgan fingerprint density at radius 3 is 2.80 bits per heavy atom. The van der Waals surface area contributed by atoms with Gasteiger partial charge in [0.25, 0.3) is 0 Å². The summed E-state index contributed by atoms with van der Waals surface area (Å²) >= 11 is 6.28. The van der Waals surface area contributed by atoms with Crippen LogP contribution in [0, 0.1) is 0 Å². The molecule has 1 aromatic carbocycles. The fourth-order valence-electron chi connectivity index (χ4n) is 2.71. The minimum Gasteiger partial charge on any atom is -0.314 e. The molecular formula is C15H17ClFN3. The molecular weight excluding hydrogens is 277 g/mol. The number of hydrogen-bond donors (Lipinski definition) is 1. The highest BCUT2D eigenvalue weighted by Crippen LogP contribution is 2.30. The number of benzene rings is 1. The second-order valence-corrected chi connectivity index (χ2v) is 5.38. The second-order valence-electron chi connectivity index (χ2n) is 5.02. The van der Waals surface area contributed by atoms with Crippen LogP contribution in [-0.2, 0) is 0 Å². The Hall–Kier alpha value is -1.23. The van der Waals surface area contributed by atoms with Crippen LogP contribution in [0.2, 0.25) is 5.15 Å². The molecule has 0 radical (unpaired) electrons. The van der Waals surface area contributed by atoms with Gasteiger partial charge in [-0.25, -0.2) is 9.37 Å². The van der Waals surface area contributed by atoms with E-state index in [1.165, 1.54) is 0 Å². The van der Waals surface area contributed by atoms with Gasteiger partial charge in [-0.1, -0.05) is 29.8 Å². The molecule has 106 valence electrons. The highest BCUT2D eigenvalue weighted by molar-refractivity contribution is 6.30. The molecule has 2 heterocycles. The van der Waals surface area contributed by atoms with Gasteiger partial charge in [-0.3, -0.25) is 4.90 Å². The van der Waals surface area contributed by atoms with Crippen LogP contribution in [0.25, 0.3) is 10.9 Å². The molecule has 1 saturated heterocycles. The Morgan fingerprint density at radius 1 is 1.30 bits per heavy atom. The SMILES string of the molecule is FC[C@@H](c1cc2ccccc2nc1Cl)N1CCNCC1. The summed E-state index contributed by atoms with van der Waals surface area (Å²) in [5.41, 5.74) is 1.63. The van der Waals surface area contributed by atoms with Gasteiger partial charge in [0.1, 0.15) is 11.8 Å². The highest BCUT2D eigenvalue weighted by atomic mass is 35.5. The lowest BCUT2D eigenvalue weighted by Gasteiger charge is -2.33. The maximum Gasteiger partial charge on any atom is 0.134 e. The molecule has 1 aliphatic rings. The number of para-hydroxylation sites is 1. The quantitative estimate of drug-likeness (QED) is 0.882. The van der Waals surface area contributed by atoms with Crippen molar-refractivity contribution >= 4 is 22.5 Å². The first-order chi connectivity index (χ1) is 9.79.